The molecule has 79 heavy (non-hydrogen) atoms. The first-order chi connectivity index (χ1) is 36.8. The summed E-state index contributed by atoms with van der Waals surface area (Å²) in [6.45, 7) is 24.7. The molecule has 17 nitrogen and oxygen atoms in total. The lowest BCUT2D eigenvalue weighted by molar-refractivity contribution is -0.0500. The molecule has 2 fully saturated rings. The third kappa shape index (κ3) is 11.6. The second kappa shape index (κ2) is 21.5. The van der Waals surface area contributed by atoms with Gasteiger partial charge in [-0.05, 0) is 108 Å². The van der Waals surface area contributed by atoms with Crippen molar-refractivity contribution in [3.8, 4) is 40.4 Å². The number of hydrogen-bond acceptors (Lipinski definition) is 16. The van der Waals surface area contributed by atoms with Gasteiger partial charge in [-0.25, -0.2) is 28.3 Å². The average molecular weight is 1140 g/mol. The number of fused-ring (bicyclic) bond motifs is 2. The number of hydrogen-bond donors (Lipinski definition) is 0. The number of alkyl halides is 4. The molecule has 3 aliphatic rings. The third-order valence-electron chi connectivity index (χ3n) is 14.7. The number of pyridine rings is 1. The molecular formula is C55H67F5N8O9SSi. The lowest BCUT2D eigenvalue weighted by Crippen LogP contribution is -2.45. The molecular weight excluding hydrogens is 1070 g/mol. The summed E-state index contributed by atoms with van der Waals surface area (Å²) >= 11 is 0. The van der Waals surface area contributed by atoms with E-state index in [-0.39, 0.29) is 100 Å². The Bertz CT molecular complexity index is 3310. The maximum Gasteiger partial charge on any atom is 0.534 e. The van der Waals surface area contributed by atoms with Gasteiger partial charge in [0.15, 0.2) is 11.6 Å². The quantitative estimate of drug-likeness (QED) is 0.0377. The monoisotopic (exact) mass is 1140 g/mol. The van der Waals surface area contributed by atoms with Crippen molar-refractivity contribution in [2.45, 2.75) is 160 Å². The summed E-state index contributed by atoms with van der Waals surface area (Å²) < 4.78 is 130. The van der Waals surface area contributed by atoms with Crippen LogP contribution in [0.5, 0.6) is 17.6 Å². The first kappa shape index (κ1) is 58.7. The standard InChI is InChI=1S/C55H67F5N8O9SSi/c1-31(2)79(32(3)4,33(5)6)25-18-35-16-14-17-36-26-38(77-78(71,72)55(58,59)60)27-39(40(35)36)44-42(57)45-41-46(65-49(64-45)74-30-54-19-15-22-66(54)29-37(56)28-54)67(23-24-73-48(41)63-44)34(7)43-47(62-21-20-61-43)68(50(69)75-52(8,9)10)51(70)76-53(11,12)13/h14,16-17,20-21,26-27,31-34,37H,15,19,22-24,28-30H2,1-13H3/t34-,37-,54+/m1/s1. The van der Waals surface area contributed by atoms with Crippen LogP contribution < -0.4 is 23.5 Å². The molecule has 3 atom stereocenters. The van der Waals surface area contributed by atoms with E-state index in [9.17, 15) is 31.2 Å². The number of amides is 2. The predicted molar refractivity (Wildman–Crippen MR) is 291 cm³/mol. The first-order valence-electron chi connectivity index (χ1n) is 26.3. The van der Waals surface area contributed by atoms with E-state index in [0.29, 0.717) is 23.4 Å². The highest BCUT2D eigenvalue weighted by Crippen LogP contribution is 2.47. The Hall–Kier alpha value is -6.45. The molecule has 0 bridgehead atoms. The fourth-order valence-corrected chi connectivity index (χ4v) is 17.0. The van der Waals surface area contributed by atoms with E-state index in [1.807, 2.05) is 4.90 Å². The Labute approximate surface area is 458 Å². The van der Waals surface area contributed by atoms with Crippen molar-refractivity contribution in [3.05, 3.63) is 59.8 Å². The van der Waals surface area contributed by atoms with Crippen LogP contribution in [0.2, 0.25) is 16.6 Å². The molecule has 2 saturated heterocycles. The molecule has 0 N–H and O–H groups in total. The summed E-state index contributed by atoms with van der Waals surface area (Å²) in [6, 6.07) is 5.51. The number of nitrogens with zero attached hydrogens (tertiary/aromatic N) is 8. The number of imide groups is 1. The Morgan fingerprint density at radius 2 is 1.54 bits per heavy atom. The zero-order valence-electron chi connectivity index (χ0n) is 46.6. The van der Waals surface area contributed by atoms with Crippen molar-refractivity contribution in [1.82, 2.24) is 29.8 Å². The zero-order valence-corrected chi connectivity index (χ0v) is 48.5. The van der Waals surface area contributed by atoms with E-state index < -0.39 is 87.6 Å². The second-order valence-electron chi connectivity index (χ2n) is 23.3. The Balaban J connectivity index is 1.38. The molecule has 0 aliphatic carbocycles. The smallest absolute Gasteiger partial charge is 0.475 e. The molecule has 24 heteroatoms. The highest BCUT2D eigenvalue weighted by molar-refractivity contribution is 7.88. The van der Waals surface area contributed by atoms with Crippen LogP contribution in [0, 0.1) is 17.3 Å². The van der Waals surface area contributed by atoms with Crippen molar-refractivity contribution < 1.29 is 63.1 Å². The molecule has 2 aromatic carbocycles. The minimum atomic E-state index is -6.24. The van der Waals surface area contributed by atoms with Gasteiger partial charge >= 0.3 is 33.8 Å². The fraction of sp³-hybridized carbons (Fsp3) is 0.545. The van der Waals surface area contributed by atoms with Crippen molar-refractivity contribution in [2.75, 3.05) is 42.6 Å². The number of anilines is 2. The number of aromatic nitrogens is 5. The van der Waals surface area contributed by atoms with Crippen molar-refractivity contribution >= 4 is 63.7 Å². The topological polar surface area (TPSA) is 189 Å². The molecule has 5 aromatic rings. The van der Waals surface area contributed by atoms with Crippen molar-refractivity contribution in [1.29, 1.82) is 0 Å². The lowest BCUT2D eigenvalue weighted by Gasteiger charge is -2.38. The maximum atomic E-state index is 18.4. The molecule has 6 heterocycles. The largest absolute Gasteiger partial charge is 0.534 e. The van der Waals surface area contributed by atoms with Gasteiger partial charge in [0.1, 0.15) is 72.5 Å². The molecule has 0 radical (unpaired) electrons. The number of ether oxygens (including phenoxy) is 4. The van der Waals surface area contributed by atoms with Gasteiger partial charge in [0.05, 0.1) is 18.1 Å². The molecule has 3 aromatic heterocycles. The summed E-state index contributed by atoms with van der Waals surface area (Å²) in [5.74, 6) is 0.922. The number of carbonyl (C=O) groups is 2. The van der Waals surface area contributed by atoms with Crippen LogP contribution in [0.25, 0.3) is 32.9 Å². The Morgan fingerprint density at radius 1 is 0.899 bits per heavy atom. The van der Waals surface area contributed by atoms with Gasteiger partial charge < -0.3 is 28.0 Å². The summed E-state index contributed by atoms with van der Waals surface area (Å²) in [5, 5.41) is 0.274. The molecule has 8 rings (SSSR count). The Morgan fingerprint density at radius 3 is 2.16 bits per heavy atom. The average Bonchev–Trinajstić information content (AvgIpc) is 4.06. The van der Waals surface area contributed by atoms with Gasteiger partial charge in [0, 0.05) is 41.9 Å². The maximum absolute atomic E-state index is 18.4. The van der Waals surface area contributed by atoms with Gasteiger partial charge in [-0.2, -0.15) is 36.5 Å². The third-order valence-corrected chi connectivity index (χ3v) is 22.0. The van der Waals surface area contributed by atoms with E-state index in [2.05, 4.69) is 68.0 Å². The zero-order chi connectivity index (χ0) is 57.9. The summed E-state index contributed by atoms with van der Waals surface area (Å²) in [4.78, 5) is 55.6. The fourth-order valence-electron chi connectivity index (χ4n) is 11.4. The van der Waals surface area contributed by atoms with E-state index in [1.165, 1.54) is 18.5 Å². The minimum Gasteiger partial charge on any atom is -0.475 e. The predicted octanol–water partition coefficient (Wildman–Crippen LogP) is 12.2. The minimum absolute atomic E-state index is 0.0201. The lowest BCUT2D eigenvalue weighted by atomic mass is 9.95. The second-order valence-corrected chi connectivity index (χ2v) is 30.4. The van der Waals surface area contributed by atoms with Crippen LogP contribution in [0.15, 0.2) is 42.7 Å². The number of carbonyl (C=O) groups excluding carboxylic acids is 2. The number of halogens is 5. The van der Waals surface area contributed by atoms with E-state index in [0.717, 1.165) is 18.6 Å². The molecule has 3 aliphatic heterocycles. The normalized spacial score (nSPS) is 18.5. The number of rotatable bonds is 12. The van der Waals surface area contributed by atoms with Crippen LogP contribution in [-0.2, 0) is 19.6 Å². The highest BCUT2D eigenvalue weighted by atomic mass is 32.2. The SMILES string of the molecule is CC(C)[Si](C#Cc1cccc2cc(OS(=O)(=O)C(F)(F)F)cc(-c3nc4c5c(nc(OC[C@@]67CCCN6C[C@H](F)C7)nc5c3F)N([C@H](C)c3nccnc3N(C(=O)OC(C)(C)C)C(=O)OC(C)(C)C)CCO4)c12)(C(C)C)C(C)C. The van der Waals surface area contributed by atoms with Crippen LogP contribution >= 0.6 is 0 Å². The molecule has 2 amide bonds. The molecule has 0 saturated carbocycles. The molecule has 0 spiro atoms. The summed E-state index contributed by atoms with van der Waals surface area (Å²) in [7, 11) is -8.70. The summed E-state index contributed by atoms with van der Waals surface area (Å²) in [6.07, 6.45) is 0.833. The van der Waals surface area contributed by atoms with E-state index in [4.69, 9.17) is 33.1 Å². The van der Waals surface area contributed by atoms with Crippen LogP contribution in [0.1, 0.15) is 127 Å². The number of benzene rings is 2. The Kier molecular flexibility index (Phi) is 16.0. The molecule has 426 valence electrons. The van der Waals surface area contributed by atoms with Gasteiger partial charge in [-0.1, -0.05) is 59.6 Å². The van der Waals surface area contributed by atoms with Gasteiger partial charge in [0.25, 0.3) is 0 Å². The van der Waals surface area contributed by atoms with Crippen LogP contribution in [0.4, 0.5) is 43.2 Å². The summed E-state index contributed by atoms with van der Waals surface area (Å²) in [5.41, 5.74) is -5.22. The van der Waals surface area contributed by atoms with Gasteiger partial charge in [-0.15, -0.1) is 5.54 Å². The van der Waals surface area contributed by atoms with Crippen LogP contribution in [0.3, 0.4) is 0 Å². The van der Waals surface area contributed by atoms with E-state index >= 15 is 8.78 Å². The van der Waals surface area contributed by atoms with Gasteiger partial charge in [-0.3, -0.25) is 9.88 Å². The van der Waals surface area contributed by atoms with Crippen molar-refractivity contribution in [2.24, 2.45) is 0 Å². The first-order valence-corrected chi connectivity index (χ1v) is 29.9. The highest BCUT2D eigenvalue weighted by Gasteiger charge is 2.51. The molecule has 0 unspecified atom stereocenters. The van der Waals surface area contributed by atoms with Crippen LogP contribution in [-0.4, -0.2) is 120 Å². The van der Waals surface area contributed by atoms with Crippen molar-refractivity contribution in [3.63, 3.8) is 0 Å². The van der Waals surface area contributed by atoms with E-state index in [1.54, 1.807) is 65.5 Å². The van der Waals surface area contributed by atoms with Gasteiger partial charge in [0.2, 0.25) is 5.88 Å².